The van der Waals surface area contributed by atoms with Gasteiger partial charge in [0.25, 0.3) is 0 Å². The van der Waals surface area contributed by atoms with Crippen molar-refractivity contribution in [1.82, 2.24) is 0 Å². The molecule has 6 heteroatoms. The van der Waals surface area contributed by atoms with Crippen molar-refractivity contribution in [3.8, 4) is 0 Å². The van der Waals surface area contributed by atoms with E-state index in [1.807, 2.05) is 0 Å². The summed E-state index contributed by atoms with van der Waals surface area (Å²) in [6.45, 7) is 0. The molecule has 1 fully saturated rings. The Kier molecular flexibility index (Phi) is 4.01. The number of aliphatic carboxylic acids is 2. The molecule has 0 saturated heterocycles. The molecular weight excluding hydrogens is 270 g/mol. The summed E-state index contributed by atoms with van der Waals surface area (Å²) < 4.78 is 26.7. The highest BCUT2D eigenvalue weighted by Crippen LogP contribution is 2.51. The number of rotatable bonds is 6. The van der Waals surface area contributed by atoms with Gasteiger partial charge in [-0.25, -0.2) is 8.78 Å². The summed E-state index contributed by atoms with van der Waals surface area (Å²) in [7, 11) is 0. The fourth-order valence-electron chi connectivity index (χ4n) is 2.62. The van der Waals surface area contributed by atoms with Gasteiger partial charge in [0.1, 0.15) is 11.6 Å². The highest BCUT2D eigenvalue weighted by molar-refractivity contribution is 5.74. The lowest BCUT2D eigenvalue weighted by Crippen LogP contribution is -2.11. The highest BCUT2D eigenvalue weighted by Gasteiger charge is 2.48. The summed E-state index contributed by atoms with van der Waals surface area (Å²) in [5.74, 6) is -4.81. The van der Waals surface area contributed by atoms with Gasteiger partial charge in [-0.15, -0.1) is 0 Å². The van der Waals surface area contributed by atoms with Crippen molar-refractivity contribution in [2.24, 2.45) is 11.8 Å². The summed E-state index contributed by atoms with van der Waals surface area (Å²) in [5, 5.41) is 17.7. The second kappa shape index (κ2) is 5.56. The molecule has 0 amide bonds. The minimum absolute atomic E-state index is 0.145. The van der Waals surface area contributed by atoms with Crippen LogP contribution in [0.1, 0.15) is 30.7 Å². The van der Waals surface area contributed by atoms with Crippen molar-refractivity contribution in [3.63, 3.8) is 0 Å². The van der Waals surface area contributed by atoms with Crippen LogP contribution in [0.15, 0.2) is 18.2 Å². The van der Waals surface area contributed by atoms with Crippen molar-refractivity contribution >= 4 is 11.9 Å². The standard InChI is InChI=1S/C14H14F2O4/c15-7-1-2-9(12(16)5-7)8(3-4-13(17)18)10-6-11(10)14(19)20/h1-2,5,8,10-11H,3-4,6H2,(H,17,18)(H,19,20). The molecule has 20 heavy (non-hydrogen) atoms. The lowest BCUT2D eigenvalue weighted by Gasteiger charge is -2.17. The fraction of sp³-hybridized carbons (Fsp3) is 0.429. The zero-order chi connectivity index (χ0) is 14.9. The van der Waals surface area contributed by atoms with E-state index < -0.39 is 35.4 Å². The topological polar surface area (TPSA) is 74.6 Å². The molecule has 0 aliphatic heterocycles. The van der Waals surface area contributed by atoms with Gasteiger partial charge in [0.15, 0.2) is 0 Å². The third-order valence-electron chi connectivity index (χ3n) is 3.70. The number of carboxylic acids is 2. The largest absolute Gasteiger partial charge is 0.481 e. The first-order valence-electron chi connectivity index (χ1n) is 6.29. The van der Waals surface area contributed by atoms with Crippen LogP contribution >= 0.6 is 0 Å². The van der Waals surface area contributed by atoms with Crippen LogP contribution in [0.25, 0.3) is 0 Å². The summed E-state index contributed by atoms with van der Waals surface area (Å²) in [4.78, 5) is 21.6. The van der Waals surface area contributed by atoms with Gasteiger partial charge in [-0.3, -0.25) is 9.59 Å². The van der Waals surface area contributed by atoms with Crippen molar-refractivity contribution in [1.29, 1.82) is 0 Å². The predicted octanol–water partition coefficient (Wildman–Crippen LogP) is 2.63. The molecule has 1 saturated carbocycles. The normalized spacial score (nSPS) is 22.3. The van der Waals surface area contributed by atoms with E-state index in [1.165, 1.54) is 6.07 Å². The number of halogens is 2. The minimum Gasteiger partial charge on any atom is -0.481 e. The third-order valence-corrected chi connectivity index (χ3v) is 3.70. The summed E-state index contributed by atoms with van der Waals surface area (Å²) >= 11 is 0. The Bertz CT molecular complexity index is 544. The van der Waals surface area contributed by atoms with E-state index in [0.29, 0.717) is 6.42 Å². The SMILES string of the molecule is O=C(O)CCC(c1ccc(F)cc1F)C1CC1C(=O)O. The van der Waals surface area contributed by atoms with E-state index in [9.17, 15) is 18.4 Å². The summed E-state index contributed by atoms with van der Waals surface area (Å²) in [6.07, 6.45) is 0.368. The number of carbonyl (C=O) groups is 2. The molecule has 4 nitrogen and oxygen atoms in total. The van der Waals surface area contributed by atoms with Crippen LogP contribution in [-0.2, 0) is 9.59 Å². The molecule has 3 atom stereocenters. The number of carboxylic acid groups (broad SMARTS) is 2. The van der Waals surface area contributed by atoms with E-state index >= 15 is 0 Å². The Morgan fingerprint density at radius 2 is 2.00 bits per heavy atom. The Morgan fingerprint density at radius 1 is 1.30 bits per heavy atom. The molecule has 2 rings (SSSR count). The van der Waals surface area contributed by atoms with Gasteiger partial charge in [0.2, 0.25) is 0 Å². The van der Waals surface area contributed by atoms with Gasteiger partial charge in [0.05, 0.1) is 5.92 Å². The Labute approximate surface area is 114 Å². The smallest absolute Gasteiger partial charge is 0.306 e. The first kappa shape index (κ1) is 14.4. The molecule has 1 aliphatic carbocycles. The molecular formula is C14H14F2O4. The molecule has 0 radical (unpaired) electrons. The van der Waals surface area contributed by atoms with Crippen molar-refractivity contribution in [2.45, 2.75) is 25.2 Å². The summed E-state index contributed by atoms with van der Waals surface area (Å²) in [5.41, 5.74) is 0.196. The van der Waals surface area contributed by atoms with Crippen LogP contribution in [0.2, 0.25) is 0 Å². The summed E-state index contributed by atoms with van der Waals surface area (Å²) in [6, 6.07) is 3.11. The molecule has 0 spiro atoms. The molecule has 0 aromatic heterocycles. The van der Waals surface area contributed by atoms with Crippen LogP contribution in [0, 0.1) is 23.5 Å². The molecule has 3 unspecified atom stereocenters. The van der Waals surface area contributed by atoms with Crippen molar-refractivity contribution < 1.29 is 28.6 Å². The quantitative estimate of drug-likeness (QED) is 0.842. The number of benzene rings is 1. The first-order valence-corrected chi connectivity index (χ1v) is 6.29. The zero-order valence-electron chi connectivity index (χ0n) is 10.6. The van der Waals surface area contributed by atoms with E-state index in [-0.39, 0.29) is 24.3 Å². The van der Waals surface area contributed by atoms with E-state index in [2.05, 4.69) is 0 Å². The molecule has 0 heterocycles. The average Bonchev–Trinajstić information content (AvgIpc) is 3.11. The minimum atomic E-state index is -1.02. The number of hydrogen-bond donors (Lipinski definition) is 2. The van der Waals surface area contributed by atoms with Gasteiger partial charge in [-0.05, 0) is 36.3 Å². The van der Waals surface area contributed by atoms with E-state index in [4.69, 9.17) is 10.2 Å². The molecule has 1 aromatic rings. The zero-order valence-corrected chi connectivity index (χ0v) is 10.6. The maximum absolute atomic E-state index is 13.8. The van der Waals surface area contributed by atoms with E-state index in [0.717, 1.165) is 12.1 Å². The van der Waals surface area contributed by atoms with Gasteiger partial charge in [0, 0.05) is 12.5 Å². The molecule has 2 N–H and O–H groups in total. The van der Waals surface area contributed by atoms with Gasteiger partial charge in [-0.1, -0.05) is 6.07 Å². The second-order valence-electron chi connectivity index (χ2n) is 5.05. The Hall–Kier alpha value is -1.98. The molecule has 1 aliphatic rings. The van der Waals surface area contributed by atoms with Gasteiger partial charge < -0.3 is 10.2 Å². The highest BCUT2D eigenvalue weighted by atomic mass is 19.1. The van der Waals surface area contributed by atoms with Crippen LogP contribution in [0.4, 0.5) is 8.78 Å². The molecule has 1 aromatic carbocycles. The molecule has 0 bridgehead atoms. The maximum Gasteiger partial charge on any atom is 0.306 e. The van der Waals surface area contributed by atoms with Crippen LogP contribution in [0.3, 0.4) is 0 Å². The Balaban J connectivity index is 2.22. The third kappa shape index (κ3) is 3.12. The second-order valence-corrected chi connectivity index (χ2v) is 5.05. The van der Waals surface area contributed by atoms with Gasteiger partial charge in [-0.2, -0.15) is 0 Å². The maximum atomic E-state index is 13.8. The van der Waals surface area contributed by atoms with Crippen molar-refractivity contribution in [2.75, 3.05) is 0 Å². The molecule has 108 valence electrons. The van der Waals surface area contributed by atoms with Crippen LogP contribution in [-0.4, -0.2) is 22.2 Å². The van der Waals surface area contributed by atoms with Crippen LogP contribution < -0.4 is 0 Å². The number of hydrogen-bond acceptors (Lipinski definition) is 2. The lowest BCUT2D eigenvalue weighted by molar-refractivity contribution is -0.139. The van der Waals surface area contributed by atoms with E-state index in [1.54, 1.807) is 0 Å². The van der Waals surface area contributed by atoms with Crippen molar-refractivity contribution in [3.05, 3.63) is 35.4 Å². The monoisotopic (exact) mass is 284 g/mol. The fourth-order valence-corrected chi connectivity index (χ4v) is 2.62. The van der Waals surface area contributed by atoms with Gasteiger partial charge >= 0.3 is 11.9 Å². The first-order chi connectivity index (χ1) is 9.40. The lowest BCUT2D eigenvalue weighted by atomic mass is 9.88. The Morgan fingerprint density at radius 3 is 2.50 bits per heavy atom. The van der Waals surface area contributed by atoms with Crippen LogP contribution in [0.5, 0.6) is 0 Å². The average molecular weight is 284 g/mol. The predicted molar refractivity (Wildman–Crippen MR) is 65.2 cm³/mol.